The smallest absolute Gasteiger partial charge is 0.417 e. The first-order valence-corrected chi connectivity index (χ1v) is 8.30. The molecule has 10 heteroatoms. The monoisotopic (exact) mass is 398 g/mol. The third kappa shape index (κ3) is 4.30. The maximum Gasteiger partial charge on any atom is 0.417 e. The molecule has 0 aliphatic rings. The molecule has 0 unspecified atom stereocenters. The van der Waals surface area contributed by atoms with Crippen molar-refractivity contribution >= 4 is 29.0 Å². The molecule has 0 saturated carbocycles. The molecule has 3 aromatic rings. The molecular formula is C17H14ClF3N4O2. The van der Waals surface area contributed by atoms with Gasteiger partial charge in [0, 0.05) is 25.4 Å². The zero-order valence-electron chi connectivity index (χ0n) is 13.8. The summed E-state index contributed by atoms with van der Waals surface area (Å²) >= 11 is 5.84. The number of fused-ring (bicyclic) bond motifs is 1. The zero-order valence-corrected chi connectivity index (χ0v) is 14.6. The van der Waals surface area contributed by atoms with Crippen LogP contribution in [0.1, 0.15) is 18.4 Å². The minimum Gasteiger partial charge on any atom is -0.481 e. The van der Waals surface area contributed by atoms with Crippen molar-refractivity contribution in [1.82, 2.24) is 14.4 Å². The number of hydrogen-bond donors (Lipinski definition) is 2. The van der Waals surface area contributed by atoms with Gasteiger partial charge in [-0.05, 0) is 30.7 Å². The number of pyridine rings is 2. The van der Waals surface area contributed by atoms with Gasteiger partial charge >= 0.3 is 12.1 Å². The molecule has 0 aromatic carbocycles. The van der Waals surface area contributed by atoms with Gasteiger partial charge in [0.15, 0.2) is 0 Å². The molecule has 0 bridgehead atoms. The Kier molecular flexibility index (Phi) is 5.22. The molecule has 0 spiro atoms. The Hall–Kier alpha value is -2.81. The van der Waals surface area contributed by atoms with Crippen LogP contribution in [-0.4, -0.2) is 32.0 Å². The molecule has 0 saturated heterocycles. The first kappa shape index (κ1) is 19.0. The summed E-state index contributed by atoms with van der Waals surface area (Å²) in [6.45, 7) is 0.247. The minimum absolute atomic E-state index is 0.0634. The highest BCUT2D eigenvalue weighted by atomic mass is 35.5. The van der Waals surface area contributed by atoms with E-state index in [2.05, 4.69) is 15.3 Å². The minimum atomic E-state index is -4.50. The highest BCUT2D eigenvalue weighted by Crippen LogP contribution is 2.33. The third-order valence-corrected chi connectivity index (χ3v) is 4.00. The highest BCUT2D eigenvalue weighted by molar-refractivity contribution is 6.30. The van der Waals surface area contributed by atoms with Gasteiger partial charge in [0.25, 0.3) is 0 Å². The molecule has 3 aromatic heterocycles. The summed E-state index contributed by atoms with van der Waals surface area (Å²) < 4.78 is 40.5. The summed E-state index contributed by atoms with van der Waals surface area (Å²) in [7, 11) is 0. The average Bonchev–Trinajstić information content (AvgIpc) is 2.96. The number of halogens is 4. The molecule has 27 heavy (non-hydrogen) atoms. The third-order valence-electron chi connectivity index (χ3n) is 3.78. The topological polar surface area (TPSA) is 79.5 Å². The number of carboxylic acids is 1. The van der Waals surface area contributed by atoms with Gasteiger partial charge in [-0.2, -0.15) is 13.2 Å². The summed E-state index contributed by atoms with van der Waals surface area (Å²) in [4.78, 5) is 19.2. The lowest BCUT2D eigenvalue weighted by Gasteiger charge is -2.10. The fourth-order valence-electron chi connectivity index (χ4n) is 2.52. The Balaban J connectivity index is 2.05. The highest BCUT2D eigenvalue weighted by Gasteiger charge is 2.31. The number of nitrogens with zero attached hydrogens (tertiary/aromatic N) is 3. The molecule has 2 N–H and O–H groups in total. The van der Waals surface area contributed by atoms with Crippen molar-refractivity contribution in [3.05, 3.63) is 47.2 Å². The van der Waals surface area contributed by atoms with E-state index in [1.54, 1.807) is 12.1 Å². The predicted octanol–water partition coefficient (Wildman–Crippen LogP) is 4.35. The van der Waals surface area contributed by atoms with Crippen molar-refractivity contribution < 1.29 is 23.1 Å². The molecule has 3 heterocycles. The lowest BCUT2D eigenvalue weighted by Crippen LogP contribution is -2.10. The lowest BCUT2D eigenvalue weighted by atomic mass is 10.2. The number of hydrogen-bond acceptors (Lipinski definition) is 4. The second kappa shape index (κ2) is 7.43. The number of carboxylic acid groups (broad SMARTS) is 1. The van der Waals surface area contributed by atoms with Crippen LogP contribution in [0.3, 0.4) is 0 Å². The molecule has 0 radical (unpaired) electrons. The molecule has 0 aliphatic carbocycles. The van der Waals surface area contributed by atoms with Gasteiger partial charge in [-0.25, -0.2) is 4.98 Å². The number of imidazole rings is 1. The maximum absolute atomic E-state index is 13.1. The van der Waals surface area contributed by atoms with Gasteiger partial charge in [0.1, 0.15) is 17.2 Å². The molecule has 3 rings (SSSR count). The van der Waals surface area contributed by atoms with Gasteiger partial charge in [-0.1, -0.05) is 11.6 Å². The van der Waals surface area contributed by atoms with Crippen LogP contribution in [-0.2, 0) is 11.0 Å². The van der Waals surface area contributed by atoms with Crippen LogP contribution < -0.4 is 5.32 Å². The summed E-state index contributed by atoms with van der Waals surface area (Å²) in [5, 5.41) is 12.1. The van der Waals surface area contributed by atoms with Gasteiger partial charge < -0.3 is 10.4 Å². The zero-order chi connectivity index (χ0) is 19.6. The van der Waals surface area contributed by atoms with Crippen LogP contribution in [0.15, 0.2) is 36.7 Å². The first-order chi connectivity index (χ1) is 12.8. The Labute approximate surface area is 156 Å². The van der Waals surface area contributed by atoms with Crippen LogP contribution in [0.4, 0.5) is 19.0 Å². The van der Waals surface area contributed by atoms with Crippen LogP contribution in [0, 0.1) is 0 Å². The van der Waals surface area contributed by atoms with E-state index >= 15 is 0 Å². The predicted molar refractivity (Wildman–Crippen MR) is 93.8 cm³/mol. The van der Waals surface area contributed by atoms with E-state index in [4.69, 9.17) is 16.7 Å². The van der Waals surface area contributed by atoms with Crippen molar-refractivity contribution in [2.24, 2.45) is 0 Å². The van der Waals surface area contributed by atoms with Crippen LogP contribution in [0.5, 0.6) is 0 Å². The molecule has 0 atom stereocenters. The normalized spacial score (nSPS) is 11.7. The Morgan fingerprint density at radius 1 is 1.26 bits per heavy atom. The summed E-state index contributed by atoms with van der Waals surface area (Å²) in [6.07, 6.45) is -1.91. The van der Waals surface area contributed by atoms with Gasteiger partial charge in [-0.3, -0.25) is 14.2 Å². The lowest BCUT2D eigenvalue weighted by molar-refractivity contribution is -0.138. The Bertz CT molecular complexity index is 971. The van der Waals surface area contributed by atoms with Crippen LogP contribution in [0.2, 0.25) is 5.02 Å². The standard InChI is InChI=1S/C17H14ClF3N4O2/c18-11-4-5-12(23-8-11)15-16(22-7-1-2-14(26)27)25-9-10(17(19,20)21)3-6-13(25)24-15/h3-6,8-9,22H,1-2,7H2,(H,26,27). The number of anilines is 1. The average molecular weight is 399 g/mol. The Morgan fingerprint density at radius 2 is 2.04 bits per heavy atom. The van der Waals surface area contributed by atoms with Crippen LogP contribution in [0.25, 0.3) is 17.0 Å². The molecule has 0 aliphatic heterocycles. The molecular weight excluding hydrogens is 385 g/mol. The van der Waals surface area contributed by atoms with E-state index < -0.39 is 17.7 Å². The van der Waals surface area contributed by atoms with Gasteiger partial charge in [0.05, 0.1) is 16.3 Å². The number of aliphatic carboxylic acids is 1. The quantitative estimate of drug-likeness (QED) is 0.604. The van der Waals surface area contributed by atoms with E-state index in [1.807, 2.05) is 0 Å². The molecule has 0 fully saturated rings. The van der Waals surface area contributed by atoms with E-state index in [0.717, 1.165) is 12.3 Å². The van der Waals surface area contributed by atoms with Crippen molar-refractivity contribution in [3.8, 4) is 11.4 Å². The first-order valence-electron chi connectivity index (χ1n) is 7.92. The molecule has 0 amide bonds. The van der Waals surface area contributed by atoms with E-state index in [-0.39, 0.29) is 13.0 Å². The van der Waals surface area contributed by atoms with Gasteiger partial charge in [0.2, 0.25) is 0 Å². The summed E-state index contributed by atoms with van der Waals surface area (Å²) in [6, 6.07) is 5.43. The van der Waals surface area contributed by atoms with E-state index in [0.29, 0.717) is 34.3 Å². The number of nitrogens with one attached hydrogen (secondary N) is 1. The van der Waals surface area contributed by atoms with Crippen molar-refractivity contribution in [2.45, 2.75) is 19.0 Å². The fourth-order valence-corrected chi connectivity index (χ4v) is 2.63. The van der Waals surface area contributed by atoms with E-state index in [9.17, 15) is 18.0 Å². The second-order valence-corrected chi connectivity index (χ2v) is 6.17. The van der Waals surface area contributed by atoms with Crippen molar-refractivity contribution in [3.63, 3.8) is 0 Å². The maximum atomic E-state index is 13.1. The number of aromatic nitrogens is 3. The SMILES string of the molecule is O=C(O)CCCNc1c(-c2ccc(Cl)cn2)nc2ccc(C(F)(F)F)cn12. The van der Waals surface area contributed by atoms with E-state index in [1.165, 1.54) is 16.7 Å². The van der Waals surface area contributed by atoms with Crippen molar-refractivity contribution in [2.75, 3.05) is 11.9 Å². The van der Waals surface area contributed by atoms with Crippen LogP contribution >= 0.6 is 11.6 Å². The van der Waals surface area contributed by atoms with Crippen molar-refractivity contribution in [1.29, 1.82) is 0 Å². The second-order valence-electron chi connectivity index (χ2n) is 5.74. The molecule has 6 nitrogen and oxygen atoms in total. The fraction of sp³-hybridized carbons (Fsp3) is 0.235. The Morgan fingerprint density at radius 3 is 2.67 bits per heavy atom. The summed E-state index contributed by atoms with van der Waals surface area (Å²) in [5.41, 5.74) is 0.255. The largest absolute Gasteiger partial charge is 0.481 e. The number of rotatable bonds is 6. The molecule has 142 valence electrons. The number of carbonyl (C=O) groups is 1. The van der Waals surface area contributed by atoms with Gasteiger partial charge in [-0.15, -0.1) is 0 Å². The number of alkyl halides is 3. The summed E-state index contributed by atoms with van der Waals surface area (Å²) in [5.74, 6) is -0.648.